The van der Waals surface area contributed by atoms with Crippen molar-refractivity contribution >= 4 is 39.8 Å². The average molecular weight is 353 g/mol. The highest BCUT2D eigenvalue weighted by Gasteiger charge is 2.35. The summed E-state index contributed by atoms with van der Waals surface area (Å²) in [6.07, 6.45) is -0.00140. The molecule has 0 aromatic heterocycles. The monoisotopic (exact) mass is 353 g/mol. The van der Waals surface area contributed by atoms with Gasteiger partial charge in [0, 0.05) is 31.2 Å². The molecule has 1 aliphatic rings. The van der Waals surface area contributed by atoms with E-state index in [0.29, 0.717) is 0 Å². The maximum absolute atomic E-state index is 11.8. The van der Waals surface area contributed by atoms with Gasteiger partial charge in [-0.15, -0.1) is 0 Å². The molecule has 2 atom stereocenters. The molecule has 0 saturated carbocycles. The van der Waals surface area contributed by atoms with Gasteiger partial charge in [0.2, 0.25) is 17.7 Å². The Kier molecular flexibility index (Phi) is 6.78. The number of nitrogens with zero attached hydrogens (tertiary/aromatic N) is 1. The molecule has 126 valence electrons. The summed E-state index contributed by atoms with van der Waals surface area (Å²) in [6, 6.07) is 0. The van der Waals surface area contributed by atoms with E-state index >= 15 is 0 Å². The van der Waals surface area contributed by atoms with E-state index in [1.54, 1.807) is 6.92 Å². The Balaban J connectivity index is 2.53. The lowest BCUT2D eigenvalue weighted by Gasteiger charge is -2.17. The second kappa shape index (κ2) is 7.90. The largest absolute Gasteiger partial charge is 0.353 e. The topological polar surface area (TPSA) is 147 Å². The number of carbonyl (C=O) groups excluding carboxylic acids is 3. The summed E-state index contributed by atoms with van der Waals surface area (Å²) < 4.78 is 31.4. The lowest BCUT2D eigenvalue weighted by molar-refractivity contribution is -0.139. The lowest BCUT2D eigenvalue weighted by atomic mass is 10.1. The van der Waals surface area contributed by atoms with Gasteiger partial charge in [0.25, 0.3) is 10.1 Å². The highest BCUT2D eigenvalue weighted by molar-refractivity contribution is 7.97. The van der Waals surface area contributed by atoms with Crippen molar-refractivity contribution in [3.63, 3.8) is 0 Å². The molecule has 22 heavy (non-hydrogen) atoms. The molecule has 11 heteroatoms. The zero-order chi connectivity index (χ0) is 16.9. The average Bonchev–Trinajstić information content (AvgIpc) is 2.64. The minimum atomic E-state index is -4.54. The molecule has 1 rings (SSSR count). The molecule has 9 nitrogen and oxygen atoms in total. The Labute approximate surface area is 132 Å². The lowest BCUT2D eigenvalue weighted by Crippen LogP contribution is -2.44. The highest BCUT2D eigenvalue weighted by atomic mass is 32.2. The fourth-order valence-electron chi connectivity index (χ4n) is 2.08. The van der Waals surface area contributed by atoms with Gasteiger partial charge >= 0.3 is 0 Å². The zero-order valence-electron chi connectivity index (χ0n) is 12.0. The van der Waals surface area contributed by atoms with Crippen LogP contribution in [-0.2, 0) is 24.5 Å². The molecule has 0 aliphatic carbocycles. The number of hydrogen-bond donors (Lipinski definition) is 3. The van der Waals surface area contributed by atoms with Gasteiger partial charge in [-0.3, -0.25) is 29.0 Å². The van der Waals surface area contributed by atoms with Crippen molar-refractivity contribution in [2.45, 2.75) is 25.0 Å². The van der Waals surface area contributed by atoms with Gasteiger partial charge in [-0.1, -0.05) is 18.9 Å². The number of nitrogens with two attached hydrogens (primary N) is 1. The third kappa shape index (κ3) is 4.93. The number of nitrogens with one attached hydrogen (secondary N) is 1. The fourth-order valence-corrected chi connectivity index (χ4v) is 3.37. The van der Waals surface area contributed by atoms with Crippen molar-refractivity contribution in [2.75, 3.05) is 18.8 Å². The minimum absolute atomic E-state index is 0.0302. The third-order valence-corrected chi connectivity index (χ3v) is 4.89. The van der Waals surface area contributed by atoms with Crippen LogP contribution in [0.2, 0.25) is 0 Å². The van der Waals surface area contributed by atoms with Gasteiger partial charge in [0.15, 0.2) is 5.25 Å². The van der Waals surface area contributed by atoms with Gasteiger partial charge in [0.1, 0.15) is 0 Å². The SMILES string of the molecule is CC1CC(=O)N(CCNC(=O)C(CCSN)S(=O)(=O)O)C1=O. The number of hydrogen-bond acceptors (Lipinski definition) is 7. The minimum Gasteiger partial charge on any atom is -0.353 e. The Bertz CT molecular complexity index is 550. The number of amides is 3. The Hall–Kier alpha value is -1.17. The Morgan fingerprint density at radius 3 is 2.64 bits per heavy atom. The second-order valence-corrected chi connectivity index (χ2v) is 7.28. The van der Waals surface area contributed by atoms with Gasteiger partial charge in [-0.05, 0) is 6.42 Å². The van der Waals surface area contributed by atoms with Gasteiger partial charge < -0.3 is 5.32 Å². The molecule has 2 unspecified atom stereocenters. The van der Waals surface area contributed by atoms with Crippen molar-refractivity contribution in [1.82, 2.24) is 10.2 Å². The van der Waals surface area contributed by atoms with Gasteiger partial charge in [-0.25, -0.2) is 0 Å². The molecule has 0 bridgehead atoms. The normalized spacial score (nSPS) is 20.3. The quantitative estimate of drug-likeness (QED) is 0.279. The first-order valence-corrected chi connectivity index (χ1v) is 9.13. The van der Waals surface area contributed by atoms with Crippen LogP contribution in [-0.4, -0.2) is 59.7 Å². The molecule has 1 aliphatic heterocycles. The zero-order valence-corrected chi connectivity index (χ0v) is 13.7. The predicted molar refractivity (Wildman–Crippen MR) is 80.1 cm³/mol. The molecule has 1 heterocycles. The highest BCUT2D eigenvalue weighted by Crippen LogP contribution is 2.17. The molecule has 1 saturated heterocycles. The number of likely N-dealkylation sites (tertiary alicyclic amines) is 1. The van der Waals surface area contributed by atoms with Crippen LogP contribution in [0, 0.1) is 5.92 Å². The molecular formula is C11H19N3O6S2. The molecule has 0 aromatic carbocycles. The van der Waals surface area contributed by atoms with Crippen LogP contribution >= 0.6 is 11.9 Å². The summed E-state index contributed by atoms with van der Waals surface area (Å²) in [7, 11) is -4.54. The van der Waals surface area contributed by atoms with E-state index in [-0.39, 0.29) is 49.4 Å². The maximum atomic E-state index is 11.8. The predicted octanol–water partition coefficient (Wildman–Crippen LogP) is -1.25. The van der Waals surface area contributed by atoms with E-state index in [1.165, 1.54) is 0 Å². The Morgan fingerprint density at radius 2 is 2.18 bits per heavy atom. The van der Waals surface area contributed by atoms with Crippen LogP contribution in [0.1, 0.15) is 19.8 Å². The first-order chi connectivity index (χ1) is 10.2. The number of carbonyl (C=O) groups is 3. The maximum Gasteiger partial charge on any atom is 0.276 e. The van der Waals surface area contributed by atoms with Gasteiger partial charge in [-0.2, -0.15) is 8.42 Å². The molecule has 1 fully saturated rings. The van der Waals surface area contributed by atoms with Crippen molar-refractivity contribution in [3.05, 3.63) is 0 Å². The van der Waals surface area contributed by atoms with Crippen LogP contribution in [0.3, 0.4) is 0 Å². The van der Waals surface area contributed by atoms with Gasteiger partial charge in [0.05, 0.1) is 0 Å². The molecule has 0 spiro atoms. The van der Waals surface area contributed by atoms with Crippen molar-refractivity contribution in [3.8, 4) is 0 Å². The van der Waals surface area contributed by atoms with Crippen LogP contribution in [0.15, 0.2) is 0 Å². The fraction of sp³-hybridized carbons (Fsp3) is 0.727. The summed E-state index contributed by atoms with van der Waals surface area (Å²) in [4.78, 5) is 36.1. The first-order valence-electron chi connectivity index (χ1n) is 6.58. The van der Waals surface area contributed by atoms with E-state index in [0.717, 1.165) is 16.8 Å². The van der Waals surface area contributed by atoms with E-state index in [9.17, 15) is 22.8 Å². The summed E-state index contributed by atoms with van der Waals surface area (Å²) in [6.45, 7) is 1.53. The standard InChI is InChI=1S/C11H19N3O6S2/c1-7-6-9(15)14(11(7)17)4-3-13-10(16)8(2-5-21-12)22(18,19)20/h7-8H,2-6,12H2,1H3,(H,13,16)(H,18,19,20). The van der Waals surface area contributed by atoms with E-state index in [1.807, 2.05) is 0 Å². The van der Waals surface area contributed by atoms with Crippen LogP contribution in [0.4, 0.5) is 0 Å². The summed E-state index contributed by atoms with van der Waals surface area (Å²) in [5, 5.41) is 5.86. The summed E-state index contributed by atoms with van der Waals surface area (Å²) >= 11 is 0.855. The van der Waals surface area contributed by atoms with Crippen LogP contribution in [0.25, 0.3) is 0 Å². The molecule has 4 N–H and O–H groups in total. The van der Waals surface area contributed by atoms with E-state index in [2.05, 4.69) is 5.32 Å². The molecule has 3 amide bonds. The molecule has 0 aromatic rings. The van der Waals surface area contributed by atoms with Crippen molar-refractivity contribution in [2.24, 2.45) is 11.1 Å². The smallest absolute Gasteiger partial charge is 0.276 e. The molecular weight excluding hydrogens is 334 g/mol. The van der Waals surface area contributed by atoms with E-state index in [4.69, 9.17) is 9.69 Å². The van der Waals surface area contributed by atoms with E-state index < -0.39 is 21.3 Å². The van der Waals surface area contributed by atoms with Crippen LogP contribution < -0.4 is 10.5 Å². The van der Waals surface area contributed by atoms with Crippen molar-refractivity contribution in [1.29, 1.82) is 0 Å². The third-order valence-electron chi connectivity index (χ3n) is 3.25. The van der Waals surface area contributed by atoms with Crippen molar-refractivity contribution < 1.29 is 27.4 Å². The Morgan fingerprint density at radius 1 is 1.55 bits per heavy atom. The molecule has 0 radical (unpaired) electrons. The first kappa shape index (κ1) is 18.9. The summed E-state index contributed by atoms with van der Waals surface area (Å²) in [5.41, 5.74) is 0. The van der Waals surface area contributed by atoms with Crippen LogP contribution in [0.5, 0.6) is 0 Å². The second-order valence-electron chi connectivity index (χ2n) is 4.94. The summed E-state index contributed by atoms with van der Waals surface area (Å²) in [5.74, 6) is -1.72. The number of imide groups is 1. The number of rotatable bonds is 8.